The number of para-hydroxylation sites is 1. The summed E-state index contributed by atoms with van der Waals surface area (Å²) in [4.78, 5) is 0. The van der Waals surface area contributed by atoms with Crippen molar-refractivity contribution in [2.45, 2.75) is 13.1 Å². The number of aryl methyl sites for hydroxylation is 2. The van der Waals surface area contributed by atoms with Gasteiger partial charge in [0.05, 0.1) is 11.3 Å². The lowest BCUT2D eigenvalue weighted by atomic mass is 10.2. The van der Waals surface area contributed by atoms with Crippen LogP contribution in [0.25, 0.3) is 0 Å². The molecule has 0 aliphatic heterocycles. The molecule has 2 rings (SSSR count). The molecule has 2 N–H and O–H groups in total. The summed E-state index contributed by atoms with van der Waals surface area (Å²) in [6, 6.07) is 4.96. The molecular weight excluding hydrogens is 259 g/mol. The van der Waals surface area contributed by atoms with Gasteiger partial charge in [-0.25, -0.2) is 4.68 Å². The topological polar surface area (TPSA) is 53.1 Å². The smallest absolute Gasteiger partial charge is 0.419 e. The highest BCUT2D eigenvalue weighted by Crippen LogP contribution is 2.39. The zero-order chi connectivity index (χ0) is 14.2. The van der Waals surface area contributed by atoms with Gasteiger partial charge in [0, 0.05) is 7.05 Å². The van der Waals surface area contributed by atoms with E-state index in [0.717, 1.165) is 6.07 Å². The standard InChI is InChI=1S/C12H12F3N3O/c1-7-10(16)11(18(2)17-7)19-9-6-4-3-5-8(9)12(13,14)15/h3-6H,16H2,1-2H3. The molecule has 4 nitrogen and oxygen atoms in total. The lowest BCUT2D eigenvalue weighted by molar-refractivity contribution is -0.138. The number of halogens is 3. The number of ether oxygens (including phenoxy) is 1. The zero-order valence-corrected chi connectivity index (χ0v) is 10.3. The number of hydrogen-bond donors (Lipinski definition) is 1. The minimum Gasteiger partial charge on any atom is -0.437 e. The number of aromatic nitrogens is 2. The maximum Gasteiger partial charge on any atom is 0.419 e. The van der Waals surface area contributed by atoms with Crippen molar-refractivity contribution in [3.8, 4) is 11.6 Å². The highest BCUT2D eigenvalue weighted by atomic mass is 19.4. The van der Waals surface area contributed by atoms with Gasteiger partial charge < -0.3 is 10.5 Å². The van der Waals surface area contributed by atoms with Crippen molar-refractivity contribution >= 4 is 5.69 Å². The van der Waals surface area contributed by atoms with E-state index in [1.54, 1.807) is 14.0 Å². The fourth-order valence-electron chi connectivity index (χ4n) is 1.67. The molecule has 1 aromatic heterocycles. The van der Waals surface area contributed by atoms with E-state index < -0.39 is 11.7 Å². The fraction of sp³-hybridized carbons (Fsp3) is 0.250. The SMILES string of the molecule is Cc1nn(C)c(Oc2ccccc2C(F)(F)F)c1N. The number of alkyl halides is 3. The van der Waals surface area contributed by atoms with Crippen molar-refractivity contribution in [1.82, 2.24) is 9.78 Å². The van der Waals surface area contributed by atoms with E-state index >= 15 is 0 Å². The number of nitrogens with two attached hydrogens (primary N) is 1. The molecule has 0 saturated heterocycles. The van der Waals surface area contributed by atoms with Crippen LogP contribution in [0.15, 0.2) is 24.3 Å². The number of nitrogens with zero attached hydrogens (tertiary/aromatic N) is 2. The Labute approximate surface area is 107 Å². The highest BCUT2D eigenvalue weighted by Gasteiger charge is 2.34. The quantitative estimate of drug-likeness (QED) is 0.913. The van der Waals surface area contributed by atoms with Crippen molar-refractivity contribution < 1.29 is 17.9 Å². The summed E-state index contributed by atoms with van der Waals surface area (Å²) >= 11 is 0. The average molecular weight is 271 g/mol. The van der Waals surface area contributed by atoms with Crippen molar-refractivity contribution in [2.24, 2.45) is 7.05 Å². The minimum atomic E-state index is -4.49. The molecule has 2 aromatic rings. The van der Waals surface area contributed by atoms with Crippen molar-refractivity contribution in [3.63, 3.8) is 0 Å². The van der Waals surface area contributed by atoms with E-state index in [4.69, 9.17) is 10.5 Å². The van der Waals surface area contributed by atoms with Gasteiger partial charge in [-0.15, -0.1) is 0 Å². The summed E-state index contributed by atoms with van der Waals surface area (Å²) in [5.41, 5.74) is 5.59. The molecule has 0 radical (unpaired) electrons. The molecule has 102 valence electrons. The first-order valence-electron chi connectivity index (χ1n) is 5.44. The predicted octanol–water partition coefficient (Wildman–Crippen LogP) is 3.12. The second-order valence-corrected chi connectivity index (χ2v) is 4.02. The van der Waals surface area contributed by atoms with Gasteiger partial charge in [-0.05, 0) is 19.1 Å². The maximum absolute atomic E-state index is 12.8. The summed E-state index contributed by atoms with van der Waals surface area (Å²) in [5, 5.41) is 3.98. The van der Waals surface area contributed by atoms with E-state index in [9.17, 15) is 13.2 Å². The number of nitrogen functional groups attached to an aromatic ring is 1. The summed E-state index contributed by atoms with van der Waals surface area (Å²) < 4.78 is 45.0. The normalized spacial score (nSPS) is 11.6. The van der Waals surface area contributed by atoms with Crippen LogP contribution in [0.3, 0.4) is 0 Å². The summed E-state index contributed by atoms with van der Waals surface area (Å²) in [5.74, 6) is -0.209. The maximum atomic E-state index is 12.8. The Kier molecular flexibility index (Phi) is 3.13. The predicted molar refractivity (Wildman–Crippen MR) is 63.9 cm³/mol. The minimum absolute atomic E-state index is 0.0919. The monoisotopic (exact) mass is 271 g/mol. The van der Waals surface area contributed by atoms with Crippen LogP contribution in [0.1, 0.15) is 11.3 Å². The van der Waals surface area contributed by atoms with E-state index in [1.165, 1.54) is 22.9 Å². The Balaban J connectivity index is 2.45. The van der Waals surface area contributed by atoms with Gasteiger partial charge in [-0.1, -0.05) is 12.1 Å². The van der Waals surface area contributed by atoms with Gasteiger partial charge in [-0.3, -0.25) is 0 Å². The third-order valence-corrected chi connectivity index (χ3v) is 2.61. The largest absolute Gasteiger partial charge is 0.437 e. The Bertz CT molecular complexity index is 605. The molecule has 0 amide bonds. The van der Waals surface area contributed by atoms with Gasteiger partial charge in [0.1, 0.15) is 11.4 Å². The molecule has 0 spiro atoms. The van der Waals surface area contributed by atoms with Gasteiger partial charge in [-0.2, -0.15) is 18.3 Å². The highest BCUT2D eigenvalue weighted by molar-refractivity contribution is 5.54. The van der Waals surface area contributed by atoms with E-state index in [2.05, 4.69) is 5.10 Å². The van der Waals surface area contributed by atoms with Crippen LogP contribution in [0, 0.1) is 6.92 Å². The summed E-state index contributed by atoms with van der Waals surface area (Å²) in [6.07, 6.45) is -4.49. The number of hydrogen-bond acceptors (Lipinski definition) is 3. The molecule has 19 heavy (non-hydrogen) atoms. The molecule has 0 fully saturated rings. The molecule has 1 aromatic carbocycles. The lowest BCUT2D eigenvalue weighted by Gasteiger charge is -2.13. The molecule has 0 atom stereocenters. The molecule has 7 heteroatoms. The van der Waals surface area contributed by atoms with Gasteiger partial charge in [0.15, 0.2) is 0 Å². The van der Waals surface area contributed by atoms with Crippen LogP contribution < -0.4 is 10.5 Å². The number of anilines is 1. The van der Waals surface area contributed by atoms with Crippen LogP contribution in [0.4, 0.5) is 18.9 Å². The molecule has 0 aliphatic carbocycles. The Morgan fingerprint density at radius 3 is 2.42 bits per heavy atom. The molecule has 0 unspecified atom stereocenters. The van der Waals surface area contributed by atoms with E-state index in [1.807, 2.05) is 0 Å². The lowest BCUT2D eigenvalue weighted by Crippen LogP contribution is -2.08. The fourth-order valence-corrected chi connectivity index (χ4v) is 1.67. The van der Waals surface area contributed by atoms with E-state index in [-0.39, 0.29) is 17.3 Å². The molecule has 0 aliphatic rings. The van der Waals surface area contributed by atoms with Crippen LogP contribution in [0.5, 0.6) is 11.6 Å². The molecule has 0 saturated carbocycles. The molecular formula is C12H12F3N3O. The zero-order valence-electron chi connectivity index (χ0n) is 10.3. The third kappa shape index (κ3) is 2.49. The van der Waals surface area contributed by atoms with Gasteiger partial charge >= 0.3 is 6.18 Å². The van der Waals surface area contributed by atoms with Crippen LogP contribution in [-0.4, -0.2) is 9.78 Å². The molecule has 0 bridgehead atoms. The first-order chi connectivity index (χ1) is 8.80. The average Bonchev–Trinajstić information content (AvgIpc) is 2.55. The van der Waals surface area contributed by atoms with Crippen molar-refractivity contribution in [3.05, 3.63) is 35.5 Å². The first kappa shape index (κ1) is 13.3. The first-order valence-corrected chi connectivity index (χ1v) is 5.44. The Morgan fingerprint density at radius 1 is 1.26 bits per heavy atom. The second kappa shape index (κ2) is 4.49. The summed E-state index contributed by atoms with van der Waals surface area (Å²) in [7, 11) is 1.55. The summed E-state index contributed by atoms with van der Waals surface area (Å²) in [6.45, 7) is 1.65. The van der Waals surface area contributed by atoms with Gasteiger partial charge in [0.25, 0.3) is 0 Å². The second-order valence-electron chi connectivity index (χ2n) is 4.02. The van der Waals surface area contributed by atoms with Crippen LogP contribution in [0.2, 0.25) is 0 Å². The Hall–Kier alpha value is -2.18. The number of rotatable bonds is 2. The van der Waals surface area contributed by atoms with Gasteiger partial charge in [0.2, 0.25) is 5.88 Å². The van der Waals surface area contributed by atoms with Crippen LogP contribution in [-0.2, 0) is 13.2 Å². The Morgan fingerprint density at radius 2 is 1.89 bits per heavy atom. The van der Waals surface area contributed by atoms with Crippen molar-refractivity contribution in [1.29, 1.82) is 0 Å². The third-order valence-electron chi connectivity index (χ3n) is 2.61. The van der Waals surface area contributed by atoms with E-state index in [0.29, 0.717) is 5.69 Å². The van der Waals surface area contributed by atoms with Crippen molar-refractivity contribution in [2.75, 3.05) is 5.73 Å². The van der Waals surface area contributed by atoms with Crippen LogP contribution >= 0.6 is 0 Å². The molecule has 1 heterocycles. The number of benzene rings is 1.